The summed E-state index contributed by atoms with van der Waals surface area (Å²) in [6.45, 7) is 1.15. The van der Waals surface area contributed by atoms with E-state index in [0.29, 0.717) is 13.2 Å². The summed E-state index contributed by atoms with van der Waals surface area (Å²) in [7, 11) is 1.76. The smallest absolute Gasteiger partial charge is 0.184 e. The fourth-order valence-electron chi connectivity index (χ4n) is 4.37. The zero-order valence-corrected chi connectivity index (χ0v) is 13.0. The highest BCUT2D eigenvalue weighted by Gasteiger charge is 2.58. The van der Waals surface area contributed by atoms with Crippen LogP contribution in [-0.2, 0) is 23.7 Å². The quantitative estimate of drug-likeness (QED) is 0.782. The molecule has 4 aliphatic rings. The Morgan fingerprint density at radius 1 is 1.09 bits per heavy atom. The van der Waals surface area contributed by atoms with Crippen LogP contribution >= 0.6 is 0 Å². The van der Waals surface area contributed by atoms with Gasteiger partial charge in [0, 0.05) is 24.5 Å². The number of rotatable bonds is 2. The molecule has 5 rings (SSSR count). The molecule has 0 amide bonds. The Hall–Kier alpha value is -1.24. The molecular formula is C18H20O5. The number of methoxy groups -OCH3 is 1. The van der Waals surface area contributed by atoms with Crippen molar-refractivity contribution in [2.45, 2.75) is 30.9 Å². The molecular weight excluding hydrogens is 296 g/mol. The highest BCUT2D eigenvalue weighted by atomic mass is 16.7. The summed E-state index contributed by atoms with van der Waals surface area (Å²) in [5.41, 5.74) is 2.33. The summed E-state index contributed by atoms with van der Waals surface area (Å²) in [5.74, 6) is 0.479. The molecule has 0 saturated carbocycles. The van der Waals surface area contributed by atoms with Crippen LogP contribution in [0.25, 0.3) is 0 Å². The van der Waals surface area contributed by atoms with Crippen LogP contribution in [0.1, 0.15) is 11.9 Å². The van der Waals surface area contributed by atoms with Crippen LogP contribution in [0.2, 0.25) is 0 Å². The van der Waals surface area contributed by atoms with Gasteiger partial charge in [-0.3, -0.25) is 0 Å². The molecule has 0 spiro atoms. The normalized spacial score (nSPS) is 44.6. The molecule has 3 heterocycles. The molecule has 1 aromatic rings. The summed E-state index contributed by atoms with van der Waals surface area (Å²) in [6.07, 6.45) is 1.57. The van der Waals surface area contributed by atoms with Crippen molar-refractivity contribution in [1.82, 2.24) is 0 Å². The molecule has 0 aromatic heterocycles. The average molecular weight is 316 g/mol. The van der Waals surface area contributed by atoms with Gasteiger partial charge in [-0.1, -0.05) is 36.4 Å². The van der Waals surface area contributed by atoms with E-state index in [1.54, 1.807) is 7.11 Å². The summed E-state index contributed by atoms with van der Waals surface area (Å²) in [4.78, 5) is 0. The number of hydrogen-bond donors (Lipinski definition) is 0. The molecule has 1 unspecified atom stereocenters. The fourth-order valence-corrected chi connectivity index (χ4v) is 4.37. The van der Waals surface area contributed by atoms with Gasteiger partial charge in [0.15, 0.2) is 12.6 Å². The average Bonchev–Trinajstić information content (AvgIpc) is 3.18. The highest BCUT2D eigenvalue weighted by Crippen LogP contribution is 2.50. The molecule has 122 valence electrons. The lowest BCUT2D eigenvalue weighted by Gasteiger charge is -2.47. The Morgan fingerprint density at radius 3 is 2.78 bits per heavy atom. The third kappa shape index (κ3) is 2.12. The van der Waals surface area contributed by atoms with E-state index < -0.39 is 0 Å². The minimum Gasteiger partial charge on any atom is -0.377 e. The van der Waals surface area contributed by atoms with Gasteiger partial charge in [0.2, 0.25) is 0 Å². The van der Waals surface area contributed by atoms with Crippen LogP contribution in [0.5, 0.6) is 0 Å². The Bertz CT molecular complexity index is 615. The first-order chi connectivity index (χ1) is 11.3. The topological polar surface area (TPSA) is 46.2 Å². The molecule has 1 aromatic carbocycles. The summed E-state index contributed by atoms with van der Waals surface area (Å²) < 4.78 is 29.8. The van der Waals surface area contributed by atoms with E-state index in [1.165, 1.54) is 5.57 Å². The maximum atomic E-state index is 6.33. The lowest BCUT2D eigenvalue weighted by Crippen LogP contribution is -2.57. The zero-order valence-electron chi connectivity index (χ0n) is 13.0. The van der Waals surface area contributed by atoms with Crippen molar-refractivity contribution < 1.29 is 23.7 Å². The summed E-state index contributed by atoms with van der Waals surface area (Å²) in [6, 6.07) is 10.1. The highest BCUT2D eigenvalue weighted by molar-refractivity contribution is 5.27. The standard InChI is InChI=1S/C18H20O5/c1-19-12-7-11-8-20-18-14(11)15(12)16-13(22-18)9-21-17(23-16)10-5-3-2-4-6-10/h2-7,12-18H,8-9H2,1H3/t12-,13+,14+,15-,16+,17?,18-/m0/s1. The molecule has 3 aliphatic heterocycles. The second-order valence-electron chi connectivity index (χ2n) is 6.58. The Kier molecular flexibility index (Phi) is 3.32. The molecule has 7 atom stereocenters. The van der Waals surface area contributed by atoms with Gasteiger partial charge in [-0.05, 0) is 5.57 Å². The number of ether oxygens (including phenoxy) is 5. The number of benzene rings is 1. The summed E-state index contributed by atoms with van der Waals surface area (Å²) in [5, 5.41) is 0. The van der Waals surface area contributed by atoms with Crippen molar-refractivity contribution >= 4 is 0 Å². The van der Waals surface area contributed by atoms with Crippen molar-refractivity contribution in [3.63, 3.8) is 0 Å². The molecule has 3 fully saturated rings. The lowest BCUT2D eigenvalue weighted by molar-refractivity contribution is -0.336. The predicted molar refractivity (Wildman–Crippen MR) is 80.5 cm³/mol. The van der Waals surface area contributed by atoms with Crippen molar-refractivity contribution in [2.24, 2.45) is 11.8 Å². The molecule has 5 heteroatoms. The summed E-state index contributed by atoms with van der Waals surface area (Å²) >= 11 is 0. The second kappa shape index (κ2) is 5.40. The first-order valence-electron chi connectivity index (χ1n) is 8.17. The second-order valence-corrected chi connectivity index (χ2v) is 6.58. The molecule has 1 aliphatic carbocycles. The third-order valence-electron chi connectivity index (χ3n) is 5.40. The van der Waals surface area contributed by atoms with E-state index in [9.17, 15) is 0 Å². The van der Waals surface area contributed by atoms with Gasteiger partial charge in [0.25, 0.3) is 0 Å². The third-order valence-corrected chi connectivity index (χ3v) is 5.40. The largest absolute Gasteiger partial charge is 0.377 e. The zero-order chi connectivity index (χ0) is 15.4. The number of hydrogen-bond acceptors (Lipinski definition) is 5. The monoisotopic (exact) mass is 316 g/mol. The van der Waals surface area contributed by atoms with E-state index >= 15 is 0 Å². The van der Waals surface area contributed by atoms with Gasteiger partial charge >= 0.3 is 0 Å². The van der Waals surface area contributed by atoms with Gasteiger partial charge in [0.1, 0.15) is 6.10 Å². The van der Waals surface area contributed by atoms with E-state index in [0.717, 1.165) is 5.56 Å². The van der Waals surface area contributed by atoms with Gasteiger partial charge in [-0.2, -0.15) is 0 Å². The van der Waals surface area contributed by atoms with E-state index in [4.69, 9.17) is 23.7 Å². The van der Waals surface area contributed by atoms with Crippen LogP contribution in [-0.4, -0.2) is 44.9 Å². The Balaban J connectivity index is 1.44. The van der Waals surface area contributed by atoms with Crippen molar-refractivity contribution in [3.05, 3.63) is 47.5 Å². The van der Waals surface area contributed by atoms with Gasteiger partial charge in [0.05, 0.1) is 25.4 Å². The SMILES string of the molecule is CO[C@H]1C=C2CO[C@H]3O[C@@H]4COC(c5ccccc5)O[C@H]4[C@@H]1[C@@H]23. The Labute approximate surface area is 135 Å². The van der Waals surface area contributed by atoms with Crippen LogP contribution < -0.4 is 0 Å². The van der Waals surface area contributed by atoms with Crippen LogP contribution in [0.15, 0.2) is 42.0 Å². The van der Waals surface area contributed by atoms with Crippen LogP contribution in [0.4, 0.5) is 0 Å². The van der Waals surface area contributed by atoms with E-state index in [1.807, 2.05) is 30.3 Å². The molecule has 0 radical (unpaired) electrons. The Morgan fingerprint density at radius 2 is 1.96 bits per heavy atom. The van der Waals surface area contributed by atoms with Crippen LogP contribution in [0.3, 0.4) is 0 Å². The molecule has 3 saturated heterocycles. The first kappa shape index (κ1) is 14.1. The minimum atomic E-state index is -0.346. The van der Waals surface area contributed by atoms with Crippen LogP contribution in [0, 0.1) is 11.8 Å². The maximum absolute atomic E-state index is 6.33. The molecule has 5 nitrogen and oxygen atoms in total. The lowest BCUT2D eigenvalue weighted by atomic mass is 9.81. The van der Waals surface area contributed by atoms with Gasteiger partial charge < -0.3 is 23.7 Å². The fraction of sp³-hybridized carbons (Fsp3) is 0.556. The van der Waals surface area contributed by atoms with Crippen molar-refractivity contribution in [3.8, 4) is 0 Å². The van der Waals surface area contributed by atoms with E-state index in [2.05, 4.69) is 6.08 Å². The minimum absolute atomic E-state index is 0.0457. The predicted octanol–water partition coefficient (Wildman–Crippen LogP) is 2.04. The molecule has 0 N–H and O–H groups in total. The molecule has 0 bridgehead atoms. The van der Waals surface area contributed by atoms with Gasteiger partial charge in [-0.25, -0.2) is 0 Å². The molecule has 23 heavy (non-hydrogen) atoms. The van der Waals surface area contributed by atoms with Crippen molar-refractivity contribution in [1.29, 1.82) is 0 Å². The van der Waals surface area contributed by atoms with E-state index in [-0.39, 0.29) is 42.7 Å². The van der Waals surface area contributed by atoms with Crippen molar-refractivity contribution in [2.75, 3.05) is 20.3 Å². The maximum Gasteiger partial charge on any atom is 0.184 e. The van der Waals surface area contributed by atoms with Gasteiger partial charge in [-0.15, -0.1) is 0 Å². The number of fused-ring (bicyclic) bond motifs is 2. The first-order valence-corrected chi connectivity index (χ1v) is 8.17.